The molecule has 0 aliphatic heterocycles. The molecule has 1 amide bonds. The van der Waals surface area contributed by atoms with Crippen LogP contribution in [-0.4, -0.2) is 26.2 Å². The quantitative estimate of drug-likeness (QED) is 0.298. The number of hydrogen-bond donors (Lipinski definition) is 2. The summed E-state index contributed by atoms with van der Waals surface area (Å²) in [6.45, 7) is 0.777. The van der Waals surface area contributed by atoms with Gasteiger partial charge in [0.2, 0.25) is 0 Å². The Morgan fingerprint density at radius 1 is 0.806 bits per heavy atom. The van der Waals surface area contributed by atoms with E-state index in [4.69, 9.17) is 9.47 Å². The molecule has 4 aromatic rings. The second-order valence-corrected chi connectivity index (χ2v) is 9.04. The summed E-state index contributed by atoms with van der Waals surface area (Å²) >= 11 is 0. The first-order valence-corrected chi connectivity index (χ1v) is 12.2. The summed E-state index contributed by atoms with van der Waals surface area (Å²) in [5.41, 5.74) is 6.11. The van der Waals surface area contributed by atoms with Crippen LogP contribution >= 0.6 is 0 Å². The van der Waals surface area contributed by atoms with Gasteiger partial charge in [0, 0.05) is 29.8 Å². The van der Waals surface area contributed by atoms with Gasteiger partial charge < -0.3 is 20.1 Å². The Balaban J connectivity index is 1.13. The Hall–Kier alpha value is -4.09. The van der Waals surface area contributed by atoms with Gasteiger partial charge in [-0.1, -0.05) is 60.7 Å². The van der Waals surface area contributed by atoms with Crippen molar-refractivity contribution in [2.45, 2.75) is 24.9 Å². The molecule has 0 aromatic heterocycles. The highest BCUT2D eigenvalue weighted by molar-refractivity contribution is 6.04. The van der Waals surface area contributed by atoms with Crippen LogP contribution in [0.1, 0.15) is 33.8 Å². The molecule has 2 atom stereocenters. The van der Waals surface area contributed by atoms with Gasteiger partial charge in [0.05, 0.1) is 14.2 Å². The molecule has 1 saturated carbocycles. The molecule has 0 radical (unpaired) electrons. The van der Waals surface area contributed by atoms with Gasteiger partial charge in [-0.15, -0.1) is 0 Å². The van der Waals surface area contributed by atoms with Crippen LogP contribution in [0.2, 0.25) is 0 Å². The third-order valence-electron chi connectivity index (χ3n) is 6.66. The molecule has 5 heteroatoms. The monoisotopic (exact) mass is 478 g/mol. The molecule has 1 aliphatic carbocycles. The van der Waals surface area contributed by atoms with Crippen LogP contribution < -0.4 is 20.1 Å². The highest BCUT2D eigenvalue weighted by Gasteiger charge is 2.37. The Morgan fingerprint density at radius 2 is 1.50 bits per heavy atom. The minimum absolute atomic E-state index is 0.108. The molecule has 5 nitrogen and oxygen atoms in total. The molecule has 0 saturated heterocycles. The molecule has 0 spiro atoms. The number of nitrogens with one attached hydrogen (secondary N) is 2. The third-order valence-corrected chi connectivity index (χ3v) is 6.66. The number of rotatable bonds is 9. The van der Waals surface area contributed by atoms with Crippen molar-refractivity contribution in [1.82, 2.24) is 5.32 Å². The van der Waals surface area contributed by atoms with E-state index in [2.05, 4.69) is 41.0 Å². The minimum atomic E-state index is -0.108. The number of carbonyl (C=O) groups excluding carboxylic acids is 1. The number of amides is 1. The predicted octanol–water partition coefficient (Wildman–Crippen LogP) is 6.27. The zero-order valence-electron chi connectivity index (χ0n) is 20.5. The molecule has 0 heterocycles. The Kier molecular flexibility index (Phi) is 7.01. The number of hydrogen-bond acceptors (Lipinski definition) is 4. The average molecular weight is 479 g/mol. The van der Waals surface area contributed by atoms with Gasteiger partial charge in [-0.3, -0.25) is 4.79 Å². The van der Waals surface area contributed by atoms with E-state index in [1.165, 1.54) is 5.56 Å². The van der Waals surface area contributed by atoms with E-state index in [1.54, 1.807) is 14.2 Å². The fourth-order valence-electron chi connectivity index (χ4n) is 4.49. The molecule has 0 bridgehead atoms. The lowest BCUT2D eigenvalue weighted by atomic mass is 10.0. The first-order chi connectivity index (χ1) is 17.6. The van der Waals surface area contributed by atoms with E-state index in [0.717, 1.165) is 46.8 Å². The number of ether oxygens (including phenoxy) is 2. The fraction of sp³-hybridized carbons (Fsp3) is 0.194. The molecule has 36 heavy (non-hydrogen) atoms. The maximum atomic E-state index is 12.7. The van der Waals surface area contributed by atoms with Crippen molar-refractivity contribution in [3.8, 4) is 22.6 Å². The normalized spacial score (nSPS) is 16.3. The molecule has 2 unspecified atom stereocenters. The fourth-order valence-corrected chi connectivity index (χ4v) is 4.49. The summed E-state index contributed by atoms with van der Waals surface area (Å²) in [5.74, 6) is 1.86. The summed E-state index contributed by atoms with van der Waals surface area (Å²) in [6.07, 6.45) is 1.10. The van der Waals surface area contributed by atoms with Gasteiger partial charge >= 0.3 is 0 Å². The standard InChI is InChI=1S/C31H30N2O3/c1-35-29-17-8-21(18-30(29)36-2)20-32-28-19-27(28)24-13-15-26(16-14-24)33-31(34)25-11-9-23(10-12-25)22-6-4-3-5-7-22/h3-18,27-28,32H,19-20H2,1-2H3,(H,33,34). The highest BCUT2D eigenvalue weighted by Crippen LogP contribution is 2.41. The van der Waals surface area contributed by atoms with Crippen LogP contribution in [0.3, 0.4) is 0 Å². The molecule has 5 rings (SSSR count). The summed E-state index contributed by atoms with van der Waals surface area (Å²) in [6, 6.07) is 32.5. The number of carbonyl (C=O) groups is 1. The molecule has 1 fully saturated rings. The van der Waals surface area contributed by atoms with Crippen LogP contribution in [0.15, 0.2) is 97.1 Å². The van der Waals surface area contributed by atoms with Crippen LogP contribution in [0.4, 0.5) is 5.69 Å². The minimum Gasteiger partial charge on any atom is -0.493 e. The Bertz CT molecular complexity index is 1320. The van der Waals surface area contributed by atoms with Crippen molar-refractivity contribution < 1.29 is 14.3 Å². The summed E-state index contributed by atoms with van der Waals surface area (Å²) in [5, 5.41) is 6.63. The average Bonchev–Trinajstić information content (AvgIpc) is 3.72. The molecular weight excluding hydrogens is 448 g/mol. The van der Waals surface area contributed by atoms with E-state index in [-0.39, 0.29) is 5.91 Å². The lowest BCUT2D eigenvalue weighted by Gasteiger charge is -2.10. The number of anilines is 1. The SMILES string of the molecule is COc1ccc(CNC2CC2c2ccc(NC(=O)c3ccc(-c4ccccc4)cc3)cc2)cc1OC. The molecule has 1 aliphatic rings. The van der Waals surface area contributed by atoms with E-state index < -0.39 is 0 Å². The van der Waals surface area contributed by atoms with Crippen molar-refractivity contribution in [2.75, 3.05) is 19.5 Å². The van der Waals surface area contributed by atoms with Gasteiger partial charge in [-0.25, -0.2) is 0 Å². The zero-order valence-corrected chi connectivity index (χ0v) is 20.5. The van der Waals surface area contributed by atoms with Crippen molar-refractivity contribution in [1.29, 1.82) is 0 Å². The first-order valence-electron chi connectivity index (χ1n) is 12.2. The maximum Gasteiger partial charge on any atom is 0.255 e. The van der Waals surface area contributed by atoms with Gasteiger partial charge in [0.25, 0.3) is 5.91 Å². The van der Waals surface area contributed by atoms with Crippen LogP contribution in [-0.2, 0) is 6.54 Å². The number of benzene rings is 4. The lowest BCUT2D eigenvalue weighted by molar-refractivity contribution is 0.102. The second kappa shape index (κ2) is 10.7. The lowest BCUT2D eigenvalue weighted by Crippen LogP contribution is -2.17. The number of methoxy groups -OCH3 is 2. The third kappa shape index (κ3) is 5.42. The molecular formula is C31H30N2O3. The van der Waals surface area contributed by atoms with Gasteiger partial charge in [0.15, 0.2) is 11.5 Å². The van der Waals surface area contributed by atoms with Crippen molar-refractivity contribution >= 4 is 11.6 Å². The summed E-state index contributed by atoms with van der Waals surface area (Å²) in [7, 11) is 3.30. The van der Waals surface area contributed by atoms with E-state index in [0.29, 0.717) is 17.5 Å². The predicted molar refractivity (Wildman–Crippen MR) is 144 cm³/mol. The molecule has 182 valence electrons. The Labute approximate surface area is 212 Å². The van der Waals surface area contributed by atoms with Crippen molar-refractivity contribution in [3.63, 3.8) is 0 Å². The molecule has 2 N–H and O–H groups in total. The first kappa shape index (κ1) is 23.6. The van der Waals surface area contributed by atoms with Crippen molar-refractivity contribution in [3.05, 3.63) is 114 Å². The van der Waals surface area contributed by atoms with Gasteiger partial charge in [-0.2, -0.15) is 0 Å². The maximum absolute atomic E-state index is 12.7. The molecule has 4 aromatic carbocycles. The summed E-state index contributed by atoms with van der Waals surface area (Å²) in [4.78, 5) is 12.7. The topological polar surface area (TPSA) is 59.6 Å². The van der Waals surface area contributed by atoms with E-state index >= 15 is 0 Å². The van der Waals surface area contributed by atoms with E-state index in [9.17, 15) is 4.79 Å². The Morgan fingerprint density at radius 3 is 2.19 bits per heavy atom. The van der Waals surface area contributed by atoms with Crippen LogP contribution in [0.25, 0.3) is 11.1 Å². The van der Waals surface area contributed by atoms with Crippen LogP contribution in [0.5, 0.6) is 11.5 Å². The van der Waals surface area contributed by atoms with E-state index in [1.807, 2.05) is 66.7 Å². The second-order valence-electron chi connectivity index (χ2n) is 9.04. The largest absolute Gasteiger partial charge is 0.493 e. The summed E-state index contributed by atoms with van der Waals surface area (Å²) < 4.78 is 10.7. The van der Waals surface area contributed by atoms with Gasteiger partial charge in [-0.05, 0) is 65.1 Å². The van der Waals surface area contributed by atoms with Crippen LogP contribution in [0, 0.1) is 0 Å². The smallest absolute Gasteiger partial charge is 0.255 e. The zero-order chi connectivity index (χ0) is 24.9. The highest BCUT2D eigenvalue weighted by atomic mass is 16.5. The van der Waals surface area contributed by atoms with Gasteiger partial charge in [0.1, 0.15) is 0 Å². The van der Waals surface area contributed by atoms with Crippen molar-refractivity contribution in [2.24, 2.45) is 0 Å².